The molecule has 0 radical (unpaired) electrons. The first-order chi connectivity index (χ1) is 15.2. The molecule has 1 aromatic carbocycles. The fraction of sp³-hybridized carbons (Fsp3) is 0.478. The highest BCUT2D eigenvalue weighted by Gasteiger charge is 2.22. The van der Waals surface area contributed by atoms with E-state index in [9.17, 15) is 19.5 Å². The lowest BCUT2D eigenvalue weighted by molar-refractivity contribution is -0.129. The molecule has 9 heteroatoms. The highest BCUT2D eigenvalue weighted by Crippen LogP contribution is 2.16. The van der Waals surface area contributed by atoms with Crippen LogP contribution in [0.3, 0.4) is 0 Å². The lowest BCUT2D eigenvalue weighted by Crippen LogP contribution is -2.40. The van der Waals surface area contributed by atoms with Crippen molar-refractivity contribution in [1.29, 1.82) is 0 Å². The lowest BCUT2D eigenvalue weighted by atomic mass is 10.0. The van der Waals surface area contributed by atoms with E-state index in [1.807, 2.05) is 19.9 Å². The molecule has 0 aliphatic rings. The van der Waals surface area contributed by atoms with Gasteiger partial charge in [-0.1, -0.05) is 39.3 Å². The standard InChI is InChI=1S/C23H32N4O5/c1-4-5-9-20-24-13-19(22(29)25-18(10-15(2)3)12-21(28)26-32)27(20)14-16-7-6-8-17(11-16)23(30)31/h6-8,11,13,15,18,32H,4-5,9-10,12,14H2,1-3H3,(H,25,29)(H,26,28)(H,30,31). The minimum atomic E-state index is -1.01. The summed E-state index contributed by atoms with van der Waals surface area (Å²) in [6, 6.07) is 6.14. The Morgan fingerprint density at radius 2 is 1.97 bits per heavy atom. The third-order valence-electron chi connectivity index (χ3n) is 5.09. The van der Waals surface area contributed by atoms with Crippen LogP contribution in [0.2, 0.25) is 0 Å². The first kappa shape index (κ1) is 25.1. The summed E-state index contributed by atoms with van der Waals surface area (Å²) in [6.07, 6.45) is 4.59. The molecule has 4 N–H and O–H groups in total. The maximum Gasteiger partial charge on any atom is 0.335 e. The third-order valence-corrected chi connectivity index (χ3v) is 5.09. The normalized spacial score (nSPS) is 11.9. The molecule has 9 nitrogen and oxygen atoms in total. The average Bonchev–Trinajstić information content (AvgIpc) is 3.14. The van der Waals surface area contributed by atoms with Crippen molar-refractivity contribution in [3.63, 3.8) is 0 Å². The largest absolute Gasteiger partial charge is 0.478 e. The van der Waals surface area contributed by atoms with Gasteiger partial charge in [-0.05, 0) is 36.5 Å². The summed E-state index contributed by atoms with van der Waals surface area (Å²) in [5.74, 6) is -0.980. The monoisotopic (exact) mass is 444 g/mol. The number of amides is 2. The Hall–Kier alpha value is -3.20. The number of benzene rings is 1. The number of aryl methyl sites for hydroxylation is 1. The predicted octanol–water partition coefficient (Wildman–Crippen LogP) is 3.01. The van der Waals surface area contributed by atoms with Crippen molar-refractivity contribution < 1.29 is 24.7 Å². The van der Waals surface area contributed by atoms with Crippen LogP contribution in [0.25, 0.3) is 0 Å². The molecule has 1 unspecified atom stereocenters. The number of aromatic nitrogens is 2. The number of rotatable bonds is 12. The number of carbonyl (C=O) groups excluding carboxylic acids is 2. The Morgan fingerprint density at radius 1 is 1.22 bits per heavy atom. The molecule has 1 atom stereocenters. The number of hydroxylamine groups is 1. The number of hydrogen-bond donors (Lipinski definition) is 4. The molecule has 0 bridgehead atoms. The molecular formula is C23H32N4O5. The van der Waals surface area contributed by atoms with Crippen LogP contribution in [0.15, 0.2) is 30.5 Å². The maximum atomic E-state index is 13.1. The van der Waals surface area contributed by atoms with Gasteiger partial charge in [0.15, 0.2) is 0 Å². The third kappa shape index (κ3) is 7.19. The molecule has 0 aliphatic carbocycles. The lowest BCUT2D eigenvalue weighted by Gasteiger charge is -2.20. The minimum Gasteiger partial charge on any atom is -0.478 e. The Morgan fingerprint density at radius 3 is 2.59 bits per heavy atom. The number of imidazole rings is 1. The molecule has 1 heterocycles. The molecule has 2 rings (SSSR count). The summed E-state index contributed by atoms with van der Waals surface area (Å²) in [4.78, 5) is 40.5. The van der Waals surface area contributed by atoms with Crippen LogP contribution in [-0.2, 0) is 17.8 Å². The van der Waals surface area contributed by atoms with Gasteiger partial charge in [0, 0.05) is 25.4 Å². The Bertz CT molecular complexity index is 938. The molecule has 0 spiro atoms. The van der Waals surface area contributed by atoms with Crippen LogP contribution in [0.5, 0.6) is 0 Å². The minimum absolute atomic E-state index is 0.0437. The van der Waals surface area contributed by atoms with Gasteiger partial charge < -0.3 is 15.0 Å². The Labute approximate surface area is 187 Å². The molecule has 0 saturated heterocycles. The van der Waals surface area contributed by atoms with Gasteiger partial charge in [-0.25, -0.2) is 15.3 Å². The van der Waals surface area contributed by atoms with Crippen LogP contribution < -0.4 is 10.8 Å². The van der Waals surface area contributed by atoms with Crippen LogP contribution in [-0.4, -0.2) is 43.7 Å². The number of hydrogen-bond acceptors (Lipinski definition) is 5. The first-order valence-corrected chi connectivity index (χ1v) is 10.9. The first-order valence-electron chi connectivity index (χ1n) is 10.9. The van der Waals surface area contributed by atoms with E-state index in [0.717, 1.165) is 24.2 Å². The Balaban J connectivity index is 2.32. The quantitative estimate of drug-likeness (QED) is 0.294. The van der Waals surface area contributed by atoms with E-state index in [1.54, 1.807) is 22.2 Å². The smallest absolute Gasteiger partial charge is 0.335 e. The van der Waals surface area contributed by atoms with Crippen LogP contribution in [0, 0.1) is 5.92 Å². The second-order valence-corrected chi connectivity index (χ2v) is 8.29. The summed E-state index contributed by atoms with van der Waals surface area (Å²) in [5, 5.41) is 21.0. The van der Waals surface area contributed by atoms with Gasteiger partial charge in [0.1, 0.15) is 11.5 Å². The summed E-state index contributed by atoms with van der Waals surface area (Å²) < 4.78 is 1.80. The second-order valence-electron chi connectivity index (χ2n) is 8.29. The number of carbonyl (C=O) groups is 3. The summed E-state index contributed by atoms with van der Waals surface area (Å²) >= 11 is 0. The van der Waals surface area contributed by atoms with Crippen molar-refractivity contribution in [1.82, 2.24) is 20.3 Å². The molecule has 174 valence electrons. The van der Waals surface area contributed by atoms with Gasteiger partial charge in [0.05, 0.1) is 11.8 Å². The average molecular weight is 445 g/mol. The fourth-order valence-corrected chi connectivity index (χ4v) is 3.58. The molecular weight excluding hydrogens is 412 g/mol. The van der Waals surface area contributed by atoms with Gasteiger partial charge in [-0.2, -0.15) is 0 Å². The number of unbranched alkanes of at least 4 members (excludes halogenated alkanes) is 1. The van der Waals surface area contributed by atoms with E-state index in [1.165, 1.54) is 12.3 Å². The highest BCUT2D eigenvalue weighted by molar-refractivity contribution is 5.93. The molecule has 1 aromatic heterocycles. The highest BCUT2D eigenvalue weighted by atomic mass is 16.5. The SMILES string of the molecule is CCCCc1ncc(C(=O)NC(CC(=O)NO)CC(C)C)n1Cc1cccc(C(=O)O)c1. The maximum absolute atomic E-state index is 13.1. The fourth-order valence-electron chi connectivity index (χ4n) is 3.58. The molecule has 32 heavy (non-hydrogen) atoms. The van der Waals surface area contributed by atoms with Crippen molar-refractivity contribution in [2.75, 3.05) is 0 Å². The van der Waals surface area contributed by atoms with E-state index < -0.39 is 17.9 Å². The van der Waals surface area contributed by atoms with Crippen molar-refractivity contribution >= 4 is 17.8 Å². The number of carboxylic acid groups (broad SMARTS) is 1. The van der Waals surface area contributed by atoms with Crippen molar-refractivity contribution in [2.45, 2.75) is 65.5 Å². The van der Waals surface area contributed by atoms with Gasteiger partial charge in [-0.3, -0.25) is 14.8 Å². The van der Waals surface area contributed by atoms with E-state index in [2.05, 4.69) is 17.2 Å². The van der Waals surface area contributed by atoms with E-state index in [4.69, 9.17) is 5.21 Å². The Kier molecular flexibility index (Phi) is 9.39. The van der Waals surface area contributed by atoms with Gasteiger partial charge in [0.2, 0.25) is 5.91 Å². The zero-order chi connectivity index (χ0) is 23.7. The number of carboxylic acids is 1. The number of aromatic carboxylic acids is 1. The zero-order valence-corrected chi connectivity index (χ0v) is 18.8. The van der Waals surface area contributed by atoms with Gasteiger partial charge in [0.25, 0.3) is 5.91 Å². The molecule has 2 amide bonds. The molecule has 0 saturated carbocycles. The summed E-state index contributed by atoms with van der Waals surface area (Å²) in [7, 11) is 0. The van der Waals surface area contributed by atoms with Crippen molar-refractivity contribution in [2.24, 2.45) is 5.92 Å². The second kappa shape index (κ2) is 12.0. The van der Waals surface area contributed by atoms with E-state index >= 15 is 0 Å². The molecule has 0 aliphatic heterocycles. The summed E-state index contributed by atoms with van der Waals surface area (Å²) in [6.45, 7) is 6.34. The van der Waals surface area contributed by atoms with Crippen LogP contribution in [0.4, 0.5) is 0 Å². The topological polar surface area (TPSA) is 134 Å². The zero-order valence-electron chi connectivity index (χ0n) is 18.8. The van der Waals surface area contributed by atoms with Crippen molar-refractivity contribution in [3.8, 4) is 0 Å². The predicted molar refractivity (Wildman–Crippen MR) is 119 cm³/mol. The number of nitrogens with zero attached hydrogens (tertiary/aromatic N) is 2. The molecule has 0 fully saturated rings. The van der Waals surface area contributed by atoms with Gasteiger partial charge in [-0.15, -0.1) is 0 Å². The van der Waals surface area contributed by atoms with Crippen molar-refractivity contribution in [3.05, 3.63) is 53.1 Å². The molecule has 2 aromatic rings. The number of nitrogens with one attached hydrogen (secondary N) is 2. The van der Waals surface area contributed by atoms with Crippen LogP contribution >= 0.6 is 0 Å². The van der Waals surface area contributed by atoms with E-state index in [0.29, 0.717) is 25.1 Å². The van der Waals surface area contributed by atoms with E-state index in [-0.39, 0.29) is 23.8 Å². The van der Waals surface area contributed by atoms with Gasteiger partial charge >= 0.3 is 5.97 Å². The van der Waals surface area contributed by atoms with Crippen LogP contribution in [0.1, 0.15) is 78.7 Å². The summed E-state index contributed by atoms with van der Waals surface area (Å²) in [5.41, 5.74) is 2.87.